The normalized spacial score (nSPS) is 16.3. The number of nitrogens with one attached hydrogen (secondary N) is 1. The van der Waals surface area contributed by atoms with Crippen LogP contribution in [0, 0.1) is 0 Å². The third-order valence-corrected chi connectivity index (χ3v) is 7.60. The lowest BCUT2D eigenvalue weighted by molar-refractivity contribution is -0.129. The van der Waals surface area contributed by atoms with Crippen LogP contribution in [0.2, 0.25) is 0 Å². The Morgan fingerprint density at radius 2 is 1.74 bits per heavy atom. The maximum absolute atomic E-state index is 13.7. The molecule has 0 saturated heterocycles. The standard InChI is InChI=1S/C31H30N4O3S/c1-21-28(30(37)33-24-14-8-5-9-15-24)29(23-13-10-16-26(17-23)38-3)35-25(20-39-31(35)32-21)18-27(36)34(2)19-22-11-6-4-7-12-22/h4-17,20,29H,18-19H2,1-3H3,(H,33,37)/t29-/m0/s1. The van der Waals surface area contributed by atoms with Gasteiger partial charge in [-0.1, -0.05) is 72.4 Å². The Bertz CT molecular complexity index is 1470. The molecule has 198 valence electrons. The first-order chi connectivity index (χ1) is 18.9. The Morgan fingerprint density at radius 1 is 1.03 bits per heavy atom. The van der Waals surface area contributed by atoms with Crippen molar-refractivity contribution < 1.29 is 14.3 Å². The molecule has 0 aromatic heterocycles. The Hall–Kier alpha value is -4.30. The minimum Gasteiger partial charge on any atom is -0.497 e. The highest BCUT2D eigenvalue weighted by molar-refractivity contribution is 8.16. The van der Waals surface area contributed by atoms with E-state index in [1.54, 1.807) is 12.0 Å². The first-order valence-electron chi connectivity index (χ1n) is 12.7. The molecule has 0 unspecified atom stereocenters. The zero-order chi connectivity index (χ0) is 27.4. The summed E-state index contributed by atoms with van der Waals surface area (Å²) in [6, 6.07) is 26.5. The van der Waals surface area contributed by atoms with E-state index in [1.807, 2.05) is 109 Å². The van der Waals surface area contributed by atoms with Gasteiger partial charge in [-0.15, -0.1) is 0 Å². The van der Waals surface area contributed by atoms with Crippen molar-refractivity contribution >= 4 is 34.4 Å². The zero-order valence-corrected chi connectivity index (χ0v) is 22.9. The van der Waals surface area contributed by atoms with Crippen molar-refractivity contribution in [2.45, 2.75) is 25.9 Å². The van der Waals surface area contributed by atoms with E-state index in [0.29, 0.717) is 29.3 Å². The molecule has 0 aliphatic carbocycles. The summed E-state index contributed by atoms with van der Waals surface area (Å²) in [6.45, 7) is 2.37. The van der Waals surface area contributed by atoms with E-state index in [0.717, 1.165) is 22.0 Å². The monoisotopic (exact) mass is 538 g/mol. The second-order valence-corrected chi connectivity index (χ2v) is 10.2. The van der Waals surface area contributed by atoms with Crippen molar-refractivity contribution in [3.05, 3.63) is 118 Å². The summed E-state index contributed by atoms with van der Waals surface area (Å²) in [7, 11) is 3.43. The number of amides is 2. The number of thioether (sulfide) groups is 1. The fraction of sp³-hybridized carbons (Fsp3) is 0.194. The molecule has 0 bridgehead atoms. The van der Waals surface area contributed by atoms with Crippen molar-refractivity contribution in [2.24, 2.45) is 4.99 Å². The maximum atomic E-state index is 13.7. The molecule has 0 saturated carbocycles. The van der Waals surface area contributed by atoms with Crippen LogP contribution < -0.4 is 10.1 Å². The largest absolute Gasteiger partial charge is 0.497 e. The minimum atomic E-state index is -0.482. The average Bonchev–Trinajstić information content (AvgIpc) is 3.34. The second-order valence-electron chi connectivity index (χ2n) is 9.40. The molecule has 3 aromatic rings. The molecule has 2 aliphatic heterocycles. The summed E-state index contributed by atoms with van der Waals surface area (Å²) >= 11 is 1.47. The number of carbonyl (C=O) groups is 2. The van der Waals surface area contributed by atoms with Crippen LogP contribution in [0.3, 0.4) is 0 Å². The van der Waals surface area contributed by atoms with E-state index in [9.17, 15) is 9.59 Å². The van der Waals surface area contributed by atoms with E-state index in [2.05, 4.69) is 5.32 Å². The average molecular weight is 539 g/mol. The number of rotatable bonds is 8. The topological polar surface area (TPSA) is 74.2 Å². The molecule has 0 radical (unpaired) electrons. The van der Waals surface area contributed by atoms with Crippen molar-refractivity contribution in [3.63, 3.8) is 0 Å². The third-order valence-electron chi connectivity index (χ3n) is 6.71. The third kappa shape index (κ3) is 5.76. The number of ether oxygens (including phenoxy) is 1. The molecule has 5 rings (SSSR count). The van der Waals surface area contributed by atoms with Crippen LogP contribution in [0.15, 0.2) is 112 Å². The highest BCUT2D eigenvalue weighted by atomic mass is 32.2. The van der Waals surface area contributed by atoms with Crippen molar-refractivity contribution in [1.29, 1.82) is 0 Å². The quantitative estimate of drug-likeness (QED) is 0.383. The Kier molecular flexibility index (Phi) is 7.84. The van der Waals surface area contributed by atoms with Gasteiger partial charge in [0.05, 0.1) is 30.8 Å². The summed E-state index contributed by atoms with van der Waals surface area (Å²) in [4.78, 5) is 35.6. The first kappa shape index (κ1) is 26.3. The number of amidine groups is 1. The summed E-state index contributed by atoms with van der Waals surface area (Å²) in [5, 5.41) is 5.73. The van der Waals surface area contributed by atoms with Gasteiger partial charge in [0.25, 0.3) is 5.91 Å². The van der Waals surface area contributed by atoms with Crippen LogP contribution >= 0.6 is 11.8 Å². The second kappa shape index (κ2) is 11.6. The van der Waals surface area contributed by atoms with E-state index in [-0.39, 0.29) is 18.2 Å². The van der Waals surface area contributed by atoms with Gasteiger partial charge in [-0.25, -0.2) is 4.99 Å². The number of benzene rings is 3. The Labute approximate surface area is 232 Å². The first-order valence-corrected chi connectivity index (χ1v) is 13.5. The highest BCUT2D eigenvalue weighted by Crippen LogP contribution is 2.45. The Morgan fingerprint density at radius 3 is 2.46 bits per heavy atom. The number of methoxy groups -OCH3 is 1. The number of anilines is 1. The fourth-order valence-corrected chi connectivity index (χ4v) is 5.71. The van der Waals surface area contributed by atoms with Gasteiger partial charge in [-0.05, 0) is 47.7 Å². The van der Waals surface area contributed by atoms with Gasteiger partial charge in [-0.3, -0.25) is 9.59 Å². The number of hydrogen-bond donors (Lipinski definition) is 1. The van der Waals surface area contributed by atoms with Crippen molar-refractivity contribution in [2.75, 3.05) is 19.5 Å². The predicted octanol–water partition coefficient (Wildman–Crippen LogP) is 5.96. The van der Waals surface area contributed by atoms with Gasteiger partial charge in [0.2, 0.25) is 5.91 Å². The molecule has 3 aromatic carbocycles. The number of para-hydroxylation sites is 1. The van der Waals surface area contributed by atoms with Gasteiger partial charge in [-0.2, -0.15) is 0 Å². The van der Waals surface area contributed by atoms with Gasteiger partial charge in [0.15, 0.2) is 5.17 Å². The summed E-state index contributed by atoms with van der Waals surface area (Å²) in [5.41, 5.74) is 4.60. The van der Waals surface area contributed by atoms with Crippen LogP contribution in [0.5, 0.6) is 5.75 Å². The SMILES string of the molecule is COc1cccc([C@H]2C(C(=O)Nc3ccccc3)=C(C)N=C3SC=C(CC(=O)N(C)Cc4ccccc4)N32)c1. The zero-order valence-electron chi connectivity index (χ0n) is 22.1. The van der Waals surface area contributed by atoms with Crippen LogP contribution in [-0.2, 0) is 16.1 Å². The number of hydrogen-bond acceptors (Lipinski definition) is 6. The molecule has 0 fully saturated rings. The lowest BCUT2D eigenvalue weighted by Crippen LogP contribution is -2.39. The van der Waals surface area contributed by atoms with E-state index in [1.165, 1.54) is 11.8 Å². The molecular weight excluding hydrogens is 508 g/mol. The molecule has 39 heavy (non-hydrogen) atoms. The number of allylic oxidation sites excluding steroid dienone is 1. The van der Waals surface area contributed by atoms with Gasteiger partial charge in [0.1, 0.15) is 5.75 Å². The minimum absolute atomic E-state index is 0.0158. The fourth-order valence-electron chi connectivity index (χ4n) is 4.74. The van der Waals surface area contributed by atoms with Crippen LogP contribution in [0.1, 0.15) is 30.5 Å². The lowest BCUT2D eigenvalue weighted by atomic mass is 9.93. The van der Waals surface area contributed by atoms with Crippen LogP contribution in [0.25, 0.3) is 0 Å². The summed E-state index contributed by atoms with van der Waals surface area (Å²) in [5.74, 6) is 0.434. The van der Waals surface area contributed by atoms with Gasteiger partial charge in [0, 0.05) is 25.0 Å². The molecule has 2 heterocycles. The Balaban J connectivity index is 1.47. The van der Waals surface area contributed by atoms with Crippen LogP contribution in [-0.4, -0.2) is 40.9 Å². The highest BCUT2D eigenvalue weighted by Gasteiger charge is 2.40. The number of nitrogens with zero attached hydrogens (tertiary/aromatic N) is 3. The predicted molar refractivity (Wildman–Crippen MR) is 156 cm³/mol. The molecule has 7 nitrogen and oxygen atoms in total. The van der Waals surface area contributed by atoms with Crippen molar-refractivity contribution in [3.8, 4) is 5.75 Å². The number of fused-ring (bicyclic) bond motifs is 1. The molecule has 1 N–H and O–H groups in total. The molecule has 8 heteroatoms. The molecule has 1 atom stereocenters. The van der Waals surface area contributed by atoms with Gasteiger partial charge >= 0.3 is 0 Å². The van der Waals surface area contributed by atoms with E-state index >= 15 is 0 Å². The summed E-state index contributed by atoms with van der Waals surface area (Å²) < 4.78 is 5.51. The van der Waals surface area contributed by atoms with Gasteiger partial charge < -0.3 is 19.9 Å². The summed E-state index contributed by atoms with van der Waals surface area (Å²) in [6.07, 6.45) is 0.183. The smallest absolute Gasteiger partial charge is 0.255 e. The lowest BCUT2D eigenvalue weighted by Gasteiger charge is -2.37. The van der Waals surface area contributed by atoms with E-state index in [4.69, 9.17) is 9.73 Å². The van der Waals surface area contributed by atoms with E-state index < -0.39 is 6.04 Å². The van der Waals surface area contributed by atoms with Crippen molar-refractivity contribution in [1.82, 2.24) is 9.80 Å². The maximum Gasteiger partial charge on any atom is 0.255 e. The van der Waals surface area contributed by atoms with Crippen LogP contribution in [0.4, 0.5) is 5.69 Å². The molecule has 2 amide bonds. The molecular formula is C31H30N4O3S. The molecule has 2 aliphatic rings. The molecule has 0 spiro atoms. The number of aliphatic imine (C=N–C) groups is 1. The number of carbonyl (C=O) groups excluding carboxylic acids is 2.